The second-order valence-electron chi connectivity index (χ2n) is 3.57. The maximum atomic E-state index is 10.8. The molecule has 1 aromatic rings. The van der Waals surface area contributed by atoms with Gasteiger partial charge in [0.1, 0.15) is 11.0 Å². The first-order chi connectivity index (χ1) is 7.65. The standard InChI is InChI=1S/C10H11ClN2O3/c11-8-3-6(10(14)15)4-9(13-8)12-7-1-2-16-5-7/h3-4,7H,1-2,5H2,(H,12,13)(H,14,15). The van der Waals surface area contributed by atoms with E-state index in [0.29, 0.717) is 19.0 Å². The Balaban J connectivity index is 2.16. The molecule has 1 aliphatic heterocycles. The van der Waals surface area contributed by atoms with Crippen LogP contribution in [0.1, 0.15) is 16.8 Å². The maximum Gasteiger partial charge on any atom is 0.335 e. The number of pyridine rings is 1. The molecule has 0 amide bonds. The minimum absolute atomic E-state index is 0.126. The third-order valence-corrected chi connectivity index (χ3v) is 2.52. The van der Waals surface area contributed by atoms with Gasteiger partial charge < -0.3 is 15.2 Å². The van der Waals surface area contributed by atoms with Crippen LogP contribution in [0.25, 0.3) is 0 Å². The van der Waals surface area contributed by atoms with Crippen LogP contribution in [0.5, 0.6) is 0 Å². The molecule has 0 aliphatic carbocycles. The Labute approximate surface area is 97.4 Å². The number of carboxylic acid groups (broad SMARTS) is 1. The quantitative estimate of drug-likeness (QED) is 0.789. The molecule has 2 rings (SSSR count). The summed E-state index contributed by atoms with van der Waals surface area (Å²) in [7, 11) is 0. The second-order valence-corrected chi connectivity index (χ2v) is 3.96. The van der Waals surface area contributed by atoms with Gasteiger partial charge in [-0.1, -0.05) is 11.6 Å². The highest BCUT2D eigenvalue weighted by Gasteiger charge is 2.16. The van der Waals surface area contributed by atoms with E-state index in [4.69, 9.17) is 21.4 Å². The van der Waals surface area contributed by atoms with E-state index < -0.39 is 5.97 Å². The normalized spacial score (nSPS) is 19.7. The summed E-state index contributed by atoms with van der Waals surface area (Å²) in [5, 5.41) is 12.1. The molecule has 1 atom stereocenters. The summed E-state index contributed by atoms with van der Waals surface area (Å²) < 4.78 is 5.20. The molecule has 1 aliphatic rings. The molecule has 1 aromatic heterocycles. The fourth-order valence-corrected chi connectivity index (χ4v) is 1.76. The van der Waals surface area contributed by atoms with Crippen molar-refractivity contribution >= 4 is 23.4 Å². The average Bonchev–Trinajstić information content (AvgIpc) is 2.69. The summed E-state index contributed by atoms with van der Waals surface area (Å²) in [6, 6.07) is 2.96. The van der Waals surface area contributed by atoms with Crippen molar-refractivity contribution in [1.29, 1.82) is 0 Å². The van der Waals surface area contributed by atoms with Crippen LogP contribution >= 0.6 is 11.6 Å². The molecule has 1 saturated heterocycles. The summed E-state index contributed by atoms with van der Waals surface area (Å²) in [5.41, 5.74) is 0.126. The summed E-state index contributed by atoms with van der Waals surface area (Å²) in [6.45, 7) is 1.32. The first-order valence-corrected chi connectivity index (χ1v) is 5.28. The minimum Gasteiger partial charge on any atom is -0.478 e. The molecule has 0 saturated carbocycles. The van der Waals surface area contributed by atoms with E-state index in [-0.39, 0.29) is 16.8 Å². The monoisotopic (exact) mass is 242 g/mol. The lowest BCUT2D eigenvalue weighted by Crippen LogP contribution is -2.20. The van der Waals surface area contributed by atoms with Crippen molar-refractivity contribution in [2.45, 2.75) is 12.5 Å². The molecule has 0 bridgehead atoms. The molecule has 2 N–H and O–H groups in total. The fraction of sp³-hybridized carbons (Fsp3) is 0.400. The van der Waals surface area contributed by atoms with Crippen molar-refractivity contribution < 1.29 is 14.6 Å². The Kier molecular flexibility index (Phi) is 3.26. The molecule has 5 nitrogen and oxygen atoms in total. The summed E-state index contributed by atoms with van der Waals surface area (Å²) in [5.74, 6) is -0.546. The third-order valence-electron chi connectivity index (χ3n) is 2.32. The number of anilines is 1. The number of aromatic carboxylic acids is 1. The smallest absolute Gasteiger partial charge is 0.335 e. The molecule has 16 heavy (non-hydrogen) atoms. The number of hydrogen-bond acceptors (Lipinski definition) is 4. The van der Waals surface area contributed by atoms with E-state index in [0.717, 1.165) is 6.42 Å². The number of halogens is 1. The Bertz CT molecular complexity index is 405. The molecule has 0 spiro atoms. The van der Waals surface area contributed by atoms with Gasteiger partial charge in [0.15, 0.2) is 0 Å². The van der Waals surface area contributed by atoms with Crippen LogP contribution in [-0.2, 0) is 4.74 Å². The highest BCUT2D eigenvalue weighted by molar-refractivity contribution is 6.29. The van der Waals surface area contributed by atoms with Crippen LogP contribution in [0.4, 0.5) is 5.82 Å². The summed E-state index contributed by atoms with van der Waals surface area (Å²) >= 11 is 5.73. The minimum atomic E-state index is -1.02. The number of hydrogen-bond donors (Lipinski definition) is 2. The van der Waals surface area contributed by atoms with Crippen molar-refractivity contribution in [3.63, 3.8) is 0 Å². The van der Waals surface area contributed by atoms with Crippen LogP contribution in [-0.4, -0.2) is 35.3 Å². The Hall–Kier alpha value is -1.33. The van der Waals surface area contributed by atoms with Crippen LogP contribution in [0.15, 0.2) is 12.1 Å². The lowest BCUT2D eigenvalue weighted by atomic mass is 10.2. The van der Waals surface area contributed by atoms with Gasteiger partial charge >= 0.3 is 5.97 Å². The van der Waals surface area contributed by atoms with E-state index in [1.54, 1.807) is 0 Å². The van der Waals surface area contributed by atoms with Gasteiger partial charge in [-0.3, -0.25) is 0 Å². The predicted octanol–water partition coefficient (Wildman–Crippen LogP) is 1.63. The van der Waals surface area contributed by atoms with Crippen LogP contribution in [0.2, 0.25) is 5.15 Å². The summed E-state index contributed by atoms with van der Waals surface area (Å²) in [4.78, 5) is 14.8. The summed E-state index contributed by atoms with van der Waals surface area (Å²) in [6.07, 6.45) is 0.886. The van der Waals surface area contributed by atoms with Crippen molar-refractivity contribution in [3.05, 3.63) is 22.8 Å². The Morgan fingerprint density at radius 2 is 2.44 bits per heavy atom. The van der Waals surface area contributed by atoms with Gasteiger partial charge in [0.05, 0.1) is 18.2 Å². The van der Waals surface area contributed by atoms with Gasteiger partial charge in [-0.2, -0.15) is 0 Å². The zero-order valence-electron chi connectivity index (χ0n) is 8.44. The maximum absolute atomic E-state index is 10.8. The van der Waals surface area contributed by atoms with Crippen LogP contribution < -0.4 is 5.32 Å². The molecule has 86 valence electrons. The number of ether oxygens (including phenoxy) is 1. The highest BCUT2D eigenvalue weighted by atomic mass is 35.5. The third kappa shape index (κ3) is 2.62. The van der Waals surface area contributed by atoms with Crippen molar-refractivity contribution in [2.24, 2.45) is 0 Å². The first-order valence-electron chi connectivity index (χ1n) is 4.90. The average molecular weight is 243 g/mol. The van der Waals surface area contributed by atoms with Gasteiger partial charge in [0.25, 0.3) is 0 Å². The zero-order valence-corrected chi connectivity index (χ0v) is 9.20. The van der Waals surface area contributed by atoms with Crippen molar-refractivity contribution in [1.82, 2.24) is 4.98 Å². The molecule has 0 aromatic carbocycles. The second kappa shape index (κ2) is 4.67. The van der Waals surface area contributed by atoms with Crippen molar-refractivity contribution in [3.8, 4) is 0 Å². The number of aromatic nitrogens is 1. The molecular weight excluding hydrogens is 232 g/mol. The predicted molar refractivity (Wildman–Crippen MR) is 59.1 cm³/mol. The van der Waals surface area contributed by atoms with E-state index in [9.17, 15) is 4.79 Å². The SMILES string of the molecule is O=C(O)c1cc(Cl)nc(NC2CCOC2)c1. The molecule has 6 heteroatoms. The number of rotatable bonds is 3. The molecule has 1 fully saturated rings. The van der Waals surface area contributed by atoms with Crippen molar-refractivity contribution in [2.75, 3.05) is 18.5 Å². The highest BCUT2D eigenvalue weighted by Crippen LogP contribution is 2.17. The van der Waals surface area contributed by atoms with E-state index >= 15 is 0 Å². The number of carbonyl (C=O) groups is 1. The number of carboxylic acids is 1. The molecule has 0 radical (unpaired) electrons. The number of nitrogens with one attached hydrogen (secondary N) is 1. The van der Waals surface area contributed by atoms with Crippen LogP contribution in [0, 0.1) is 0 Å². The first kappa shape index (κ1) is 11.2. The van der Waals surface area contributed by atoms with Gasteiger partial charge in [0.2, 0.25) is 0 Å². The van der Waals surface area contributed by atoms with E-state index in [1.807, 2.05) is 0 Å². The Morgan fingerprint density at radius 3 is 3.06 bits per heavy atom. The lowest BCUT2D eigenvalue weighted by molar-refractivity contribution is 0.0697. The number of nitrogens with zero attached hydrogens (tertiary/aromatic N) is 1. The molecule has 2 heterocycles. The van der Waals surface area contributed by atoms with Gasteiger partial charge in [0, 0.05) is 6.61 Å². The van der Waals surface area contributed by atoms with Gasteiger partial charge in [-0.15, -0.1) is 0 Å². The van der Waals surface area contributed by atoms with Gasteiger partial charge in [-0.05, 0) is 18.6 Å². The van der Waals surface area contributed by atoms with E-state index in [1.165, 1.54) is 12.1 Å². The van der Waals surface area contributed by atoms with Gasteiger partial charge in [-0.25, -0.2) is 9.78 Å². The topological polar surface area (TPSA) is 71.5 Å². The van der Waals surface area contributed by atoms with E-state index in [2.05, 4.69) is 10.3 Å². The van der Waals surface area contributed by atoms with Crippen LogP contribution in [0.3, 0.4) is 0 Å². The molecule has 1 unspecified atom stereocenters. The Morgan fingerprint density at radius 1 is 1.62 bits per heavy atom. The largest absolute Gasteiger partial charge is 0.478 e. The zero-order chi connectivity index (χ0) is 11.5. The molecular formula is C10H11ClN2O3. The fourth-order valence-electron chi connectivity index (χ4n) is 1.55. The lowest BCUT2D eigenvalue weighted by Gasteiger charge is -2.11.